The maximum absolute atomic E-state index is 11.7. The molecule has 106 valence electrons. The number of likely N-dealkylation sites (tertiary alicyclic amines) is 1. The Hall–Kier alpha value is -0.660. The zero-order chi connectivity index (χ0) is 13.8. The number of nitrogens with one attached hydrogen (secondary N) is 1. The molecule has 0 saturated carbocycles. The lowest BCUT2D eigenvalue weighted by molar-refractivity contribution is -0.136. The van der Waals surface area contributed by atoms with E-state index in [9.17, 15) is 13.2 Å². The van der Waals surface area contributed by atoms with E-state index in [1.165, 1.54) is 6.92 Å². The predicted octanol–water partition coefficient (Wildman–Crippen LogP) is 0.253. The van der Waals surface area contributed by atoms with Gasteiger partial charge in [0.25, 0.3) is 0 Å². The van der Waals surface area contributed by atoms with Crippen LogP contribution in [0.25, 0.3) is 0 Å². The molecule has 0 aromatic rings. The smallest absolute Gasteiger partial charge is 0.323 e. The third-order valence-corrected chi connectivity index (χ3v) is 5.07. The van der Waals surface area contributed by atoms with E-state index in [1.807, 2.05) is 0 Å². The first-order valence-electron chi connectivity index (χ1n) is 6.33. The van der Waals surface area contributed by atoms with Gasteiger partial charge in [0, 0.05) is 6.04 Å². The van der Waals surface area contributed by atoms with Gasteiger partial charge in [-0.2, -0.15) is 0 Å². The molecule has 0 bridgehead atoms. The van der Waals surface area contributed by atoms with Crippen LogP contribution >= 0.6 is 0 Å². The van der Waals surface area contributed by atoms with E-state index in [0.29, 0.717) is 0 Å². The summed E-state index contributed by atoms with van der Waals surface area (Å²) in [5.41, 5.74) is 0. The summed E-state index contributed by atoms with van der Waals surface area (Å²) in [6.07, 6.45) is 2.57. The lowest BCUT2D eigenvalue weighted by Crippen LogP contribution is -2.48. The van der Waals surface area contributed by atoms with Crippen molar-refractivity contribution in [3.63, 3.8) is 0 Å². The number of sulfonamides is 1. The van der Waals surface area contributed by atoms with E-state index in [0.717, 1.165) is 38.9 Å². The van der Waals surface area contributed by atoms with E-state index < -0.39 is 21.2 Å². The first-order chi connectivity index (χ1) is 8.36. The summed E-state index contributed by atoms with van der Waals surface area (Å²) in [6.45, 7) is 6.07. The van der Waals surface area contributed by atoms with Crippen molar-refractivity contribution in [1.29, 1.82) is 0 Å². The van der Waals surface area contributed by atoms with Gasteiger partial charge in [-0.3, -0.25) is 4.79 Å². The van der Waals surface area contributed by atoms with Gasteiger partial charge in [-0.15, -0.1) is 0 Å². The molecular formula is C11H22N2O4S. The second-order valence-corrected chi connectivity index (χ2v) is 6.79. The van der Waals surface area contributed by atoms with Crippen LogP contribution in [0.15, 0.2) is 0 Å². The molecule has 1 fully saturated rings. The number of aliphatic carboxylic acids is 1. The number of hydrogen-bond acceptors (Lipinski definition) is 4. The molecule has 1 aliphatic rings. The fourth-order valence-corrected chi connectivity index (χ4v) is 3.23. The summed E-state index contributed by atoms with van der Waals surface area (Å²) in [6, 6.07) is -0.134. The molecule has 1 atom stereocenters. The van der Waals surface area contributed by atoms with Gasteiger partial charge in [0.05, 0.1) is 0 Å². The normalized spacial score (nSPS) is 20.8. The van der Waals surface area contributed by atoms with Gasteiger partial charge in [-0.25, -0.2) is 13.1 Å². The van der Waals surface area contributed by atoms with Crippen LogP contribution in [-0.2, 0) is 14.8 Å². The molecule has 0 aromatic heterocycles. The van der Waals surface area contributed by atoms with Gasteiger partial charge >= 0.3 is 5.97 Å². The molecule has 1 rings (SSSR count). The third-order valence-electron chi connectivity index (χ3n) is 3.27. The van der Waals surface area contributed by atoms with Crippen LogP contribution in [0.2, 0.25) is 0 Å². The average molecular weight is 278 g/mol. The van der Waals surface area contributed by atoms with Crippen molar-refractivity contribution >= 4 is 16.0 Å². The molecule has 6 nitrogen and oxygen atoms in total. The Bertz CT molecular complexity index is 375. The number of nitrogens with zero attached hydrogens (tertiary/aromatic N) is 1. The molecule has 1 saturated heterocycles. The van der Waals surface area contributed by atoms with Crippen molar-refractivity contribution in [3.05, 3.63) is 0 Å². The molecule has 0 radical (unpaired) electrons. The Morgan fingerprint density at radius 2 is 2.00 bits per heavy atom. The number of rotatable bonds is 6. The van der Waals surface area contributed by atoms with E-state index in [4.69, 9.17) is 5.11 Å². The third kappa shape index (κ3) is 4.22. The topological polar surface area (TPSA) is 86.7 Å². The summed E-state index contributed by atoms with van der Waals surface area (Å²) in [4.78, 5) is 13.0. The standard InChI is InChI=1S/C11H22N2O4S/c1-3-6-13-7-4-10(5-8-13)12-18(16,17)9(2)11(14)15/h9-10,12H,3-8H2,1-2H3,(H,14,15). The van der Waals surface area contributed by atoms with Crippen molar-refractivity contribution < 1.29 is 18.3 Å². The minimum Gasteiger partial charge on any atom is -0.480 e. The molecule has 1 unspecified atom stereocenters. The fourth-order valence-electron chi connectivity index (χ4n) is 2.06. The molecule has 1 heterocycles. The van der Waals surface area contributed by atoms with E-state index in [2.05, 4.69) is 16.5 Å². The maximum Gasteiger partial charge on any atom is 0.323 e. The summed E-state index contributed by atoms with van der Waals surface area (Å²) >= 11 is 0. The van der Waals surface area contributed by atoms with Crippen molar-refractivity contribution in [2.45, 2.75) is 44.4 Å². The van der Waals surface area contributed by atoms with Gasteiger partial charge in [-0.05, 0) is 45.8 Å². The molecule has 0 aromatic carbocycles. The number of carboxylic acids is 1. The van der Waals surface area contributed by atoms with E-state index in [1.54, 1.807) is 0 Å². The Kier molecular flexibility index (Phi) is 5.55. The average Bonchev–Trinajstić information content (AvgIpc) is 2.30. The number of carboxylic acid groups (broad SMARTS) is 1. The highest BCUT2D eigenvalue weighted by Gasteiger charge is 2.31. The molecule has 1 aliphatic heterocycles. The van der Waals surface area contributed by atoms with Gasteiger partial charge in [0.15, 0.2) is 5.25 Å². The predicted molar refractivity (Wildman–Crippen MR) is 68.9 cm³/mol. The minimum atomic E-state index is -3.76. The highest BCUT2D eigenvalue weighted by Crippen LogP contribution is 2.12. The SMILES string of the molecule is CCCN1CCC(NS(=O)(=O)C(C)C(=O)O)CC1. The highest BCUT2D eigenvalue weighted by atomic mass is 32.2. The molecule has 0 spiro atoms. The maximum atomic E-state index is 11.7. The van der Waals surface area contributed by atoms with Crippen LogP contribution in [0.4, 0.5) is 0 Å². The Morgan fingerprint density at radius 3 is 2.44 bits per heavy atom. The lowest BCUT2D eigenvalue weighted by atomic mass is 10.1. The summed E-state index contributed by atoms with van der Waals surface area (Å²) < 4.78 is 26.0. The van der Waals surface area contributed by atoms with Gasteiger partial charge < -0.3 is 10.0 Å². The molecule has 18 heavy (non-hydrogen) atoms. The first kappa shape index (κ1) is 15.4. The monoisotopic (exact) mass is 278 g/mol. The quantitative estimate of drug-likeness (QED) is 0.727. The van der Waals surface area contributed by atoms with Crippen molar-refractivity contribution in [2.24, 2.45) is 0 Å². The zero-order valence-corrected chi connectivity index (χ0v) is 11.7. The highest BCUT2D eigenvalue weighted by molar-refractivity contribution is 7.90. The number of piperidine rings is 1. The lowest BCUT2D eigenvalue weighted by Gasteiger charge is -2.32. The van der Waals surface area contributed by atoms with Crippen LogP contribution in [0, 0.1) is 0 Å². The van der Waals surface area contributed by atoms with Crippen LogP contribution in [-0.4, -0.2) is 55.3 Å². The van der Waals surface area contributed by atoms with Crippen LogP contribution in [0.3, 0.4) is 0 Å². The molecule has 0 aliphatic carbocycles. The second kappa shape index (κ2) is 6.49. The molecule has 0 amide bonds. The molecule has 2 N–H and O–H groups in total. The van der Waals surface area contributed by atoms with Crippen molar-refractivity contribution in [3.8, 4) is 0 Å². The summed E-state index contributed by atoms with van der Waals surface area (Å²) in [5, 5.41) is 7.33. The molecule has 7 heteroatoms. The Balaban J connectivity index is 2.48. The van der Waals surface area contributed by atoms with E-state index in [-0.39, 0.29) is 6.04 Å². The van der Waals surface area contributed by atoms with E-state index >= 15 is 0 Å². The van der Waals surface area contributed by atoms with Crippen LogP contribution in [0.1, 0.15) is 33.1 Å². The van der Waals surface area contributed by atoms with Gasteiger partial charge in [0.2, 0.25) is 10.0 Å². The van der Waals surface area contributed by atoms with Crippen molar-refractivity contribution in [2.75, 3.05) is 19.6 Å². The zero-order valence-electron chi connectivity index (χ0n) is 10.9. The second-order valence-electron chi connectivity index (χ2n) is 4.76. The summed E-state index contributed by atoms with van der Waals surface area (Å²) in [5.74, 6) is -1.31. The van der Waals surface area contributed by atoms with Gasteiger partial charge in [-0.1, -0.05) is 6.92 Å². The van der Waals surface area contributed by atoms with Crippen LogP contribution < -0.4 is 4.72 Å². The Labute approximate surface area is 108 Å². The van der Waals surface area contributed by atoms with Crippen LogP contribution in [0.5, 0.6) is 0 Å². The van der Waals surface area contributed by atoms with Crippen molar-refractivity contribution in [1.82, 2.24) is 9.62 Å². The number of carbonyl (C=O) groups is 1. The Morgan fingerprint density at radius 1 is 1.44 bits per heavy atom. The first-order valence-corrected chi connectivity index (χ1v) is 7.87. The minimum absolute atomic E-state index is 0.134. The fraction of sp³-hybridized carbons (Fsp3) is 0.909. The summed E-state index contributed by atoms with van der Waals surface area (Å²) in [7, 11) is -3.76. The van der Waals surface area contributed by atoms with Gasteiger partial charge in [0.1, 0.15) is 0 Å². The molecular weight excluding hydrogens is 256 g/mol. The number of hydrogen-bond donors (Lipinski definition) is 2. The largest absolute Gasteiger partial charge is 0.480 e.